The van der Waals surface area contributed by atoms with Crippen molar-refractivity contribution in [2.75, 3.05) is 19.6 Å². The largest absolute Gasteiger partial charge is 0.363 e. The highest BCUT2D eigenvalue weighted by atomic mass is 32.1. The van der Waals surface area contributed by atoms with E-state index in [0.717, 1.165) is 60.9 Å². The van der Waals surface area contributed by atoms with Gasteiger partial charge in [-0.1, -0.05) is 40.0 Å². The Morgan fingerprint density at radius 2 is 1.94 bits per heavy atom. The lowest BCUT2D eigenvalue weighted by molar-refractivity contribution is 0.0916. The van der Waals surface area contributed by atoms with Crippen molar-refractivity contribution >= 4 is 34.5 Å². The average molecular weight is 464 g/mol. The molecule has 1 unspecified atom stereocenters. The summed E-state index contributed by atoms with van der Waals surface area (Å²) in [6.45, 7) is 12.0. The second kappa shape index (κ2) is 11.2. The number of piperidine rings is 1. The second-order valence-electron chi connectivity index (χ2n) is 10.5. The number of rotatable bonds is 7. The molecular weight excluding hydrogens is 422 g/mol. The van der Waals surface area contributed by atoms with Crippen molar-refractivity contribution in [1.82, 2.24) is 15.2 Å². The zero-order valence-electron chi connectivity index (χ0n) is 19.9. The highest BCUT2D eigenvalue weighted by Gasteiger charge is 2.33. The van der Waals surface area contributed by atoms with Crippen LogP contribution in [0.15, 0.2) is 5.38 Å². The molecule has 0 bridgehead atoms. The molecule has 0 radical (unpaired) electrons. The Morgan fingerprint density at radius 1 is 1.23 bits per heavy atom. The van der Waals surface area contributed by atoms with Gasteiger partial charge >= 0.3 is 0 Å². The van der Waals surface area contributed by atoms with E-state index >= 15 is 0 Å². The fraction of sp³-hybridized carbons (Fsp3) is 0.800. The minimum absolute atomic E-state index is 0.233. The summed E-state index contributed by atoms with van der Waals surface area (Å²) in [5, 5.41) is 7.23. The Kier molecular flexibility index (Phi) is 8.91. The summed E-state index contributed by atoms with van der Waals surface area (Å²) in [5.41, 5.74) is 1.08. The molecule has 1 saturated heterocycles. The van der Waals surface area contributed by atoms with Crippen LogP contribution in [-0.4, -0.2) is 40.4 Å². The van der Waals surface area contributed by atoms with Gasteiger partial charge in [0.15, 0.2) is 10.9 Å². The molecule has 1 aliphatic heterocycles. The van der Waals surface area contributed by atoms with E-state index in [1.165, 1.54) is 32.1 Å². The van der Waals surface area contributed by atoms with E-state index in [9.17, 15) is 4.79 Å². The first-order valence-electron chi connectivity index (χ1n) is 12.3. The van der Waals surface area contributed by atoms with E-state index in [4.69, 9.17) is 17.2 Å². The molecule has 6 heteroatoms. The quantitative estimate of drug-likeness (QED) is 0.373. The smallest absolute Gasteiger partial charge is 0.182 e. The Morgan fingerprint density at radius 3 is 2.61 bits per heavy atom. The molecule has 0 spiro atoms. The molecule has 2 fully saturated rings. The molecule has 1 aromatic rings. The Bertz CT molecular complexity index is 731. The van der Waals surface area contributed by atoms with Crippen LogP contribution < -0.4 is 5.32 Å². The highest BCUT2D eigenvalue weighted by molar-refractivity contribution is 7.80. The Hall–Kier alpha value is -1.01. The SMILES string of the molecule is CCNC(=S)N1CCC(c2nc(C(=O)CCC[C@@H]3CCCCC3C(C)(C)C)cs2)CC1. The summed E-state index contributed by atoms with van der Waals surface area (Å²) in [5.74, 6) is 2.28. The van der Waals surface area contributed by atoms with Crippen LogP contribution in [0.25, 0.3) is 0 Å². The third-order valence-electron chi connectivity index (χ3n) is 7.27. The second-order valence-corrected chi connectivity index (χ2v) is 11.8. The van der Waals surface area contributed by atoms with Crippen molar-refractivity contribution in [2.45, 2.75) is 91.4 Å². The number of aromatic nitrogens is 1. The summed E-state index contributed by atoms with van der Waals surface area (Å²) < 4.78 is 0. The van der Waals surface area contributed by atoms with Gasteiger partial charge in [0.25, 0.3) is 0 Å². The first kappa shape index (κ1) is 24.6. The van der Waals surface area contributed by atoms with E-state index in [1.807, 2.05) is 5.38 Å². The van der Waals surface area contributed by atoms with Gasteiger partial charge in [0, 0.05) is 37.4 Å². The fourth-order valence-corrected chi connectivity index (χ4v) is 6.86. The fourth-order valence-electron chi connectivity index (χ4n) is 5.54. The van der Waals surface area contributed by atoms with E-state index in [1.54, 1.807) is 11.3 Å². The van der Waals surface area contributed by atoms with Gasteiger partial charge in [-0.2, -0.15) is 0 Å². The van der Waals surface area contributed by atoms with Gasteiger partial charge in [0.05, 0.1) is 5.01 Å². The average Bonchev–Trinajstić information content (AvgIpc) is 3.24. The predicted octanol–water partition coefficient (Wildman–Crippen LogP) is 6.42. The number of hydrogen-bond acceptors (Lipinski definition) is 4. The molecule has 1 aromatic heterocycles. The lowest BCUT2D eigenvalue weighted by atomic mass is 9.65. The molecule has 31 heavy (non-hydrogen) atoms. The molecule has 2 heterocycles. The van der Waals surface area contributed by atoms with Crippen LogP contribution in [0.5, 0.6) is 0 Å². The summed E-state index contributed by atoms with van der Waals surface area (Å²) in [6, 6.07) is 0. The first-order chi connectivity index (χ1) is 14.8. The van der Waals surface area contributed by atoms with Crippen molar-refractivity contribution in [2.24, 2.45) is 17.3 Å². The number of thiocarbonyl (C=S) groups is 1. The van der Waals surface area contributed by atoms with Gasteiger partial charge < -0.3 is 10.2 Å². The molecule has 2 atom stereocenters. The molecule has 1 saturated carbocycles. The number of carbonyl (C=O) groups is 1. The molecule has 4 nitrogen and oxygen atoms in total. The van der Waals surface area contributed by atoms with Gasteiger partial charge in [-0.15, -0.1) is 11.3 Å². The highest BCUT2D eigenvalue weighted by Crippen LogP contribution is 2.43. The molecule has 1 aliphatic carbocycles. The minimum Gasteiger partial charge on any atom is -0.363 e. The van der Waals surface area contributed by atoms with Crippen LogP contribution in [0.1, 0.15) is 107 Å². The van der Waals surface area contributed by atoms with Gasteiger partial charge in [-0.05, 0) is 68.5 Å². The van der Waals surface area contributed by atoms with E-state index in [0.29, 0.717) is 23.4 Å². The lowest BCUT2D eigenvalue weighted by Crippen LogP contribution is -2.43. The number of nitrogens with zero attached hydrogens (tertiary/aromatic N) is 2. The number of carbonyl (C=O) groups excluding carboxylic acids is 1. The van der Waals surface area contributed by atoms with Crippen LogP contribution in [0.3, 0.4) is 0 Å². The topological polar surface area (TPSA) is 45.2 Å². The number of hydrogen-bond donors (Lipinski definition) is 1. The molecule has 0 amide bonds. The minimum atomic E-state index is 0.233. The zero-order chi connectivity index (χ0) is 22.4. The van der Waals surface area contributed by atoms with Crippen molar-refractivity contribution in [3.8, 4) is 0 Å². The Labute approximate surface area is 198 Å². The molecule has 3 rings (SSSR count). The number of ketones is 1. The van der Waals surface area contributed by atoms with E-state index in [-0.39, 0.29) is 5.78 Å². The standard InChI is InChI=1S/C25H41N3OS2/c1-5-26-24(30)28-15-13-19(14-16-28)23-27-21(17-31-23)22(29)12-8-10-18-9-6-7-11-20(18)25(2,3)4/h17-20H,5-16H2,1-4H3,(H,26,30)/t18-,20?/m0/s1. The van der Waals surface area contributed by atoms with Crippen molar-refractivity contribution in [1.29, 1.82) is 0 Å². The summed E-state index contributed by atoms with van der Waals surface area (Å²) in [4.78, 5) is 19.8. The number of nitrogens with one attached hydrogen (secondary N) is 1. The molecule has 0 aromatic carbocycles. The van der Waals surface area contributed by atoms with E-state index < -0.39 is 0 Å². The van der Waals surface area contributed by atoms with Crippen LogP contribution in [0, 0.1) is 17.3 Å². The van der Waals surface area contributed by atoms with Gasteiger partial charge in [-0.25, -0.2) is 4.98 Å². The predicted molar refractivity (Wildman–Crippen MR) is 135 cm³/mol. The van der Waals surface area contributed by atoms with Crippen LogP contribution in [0.4, 0.5) is 0 Å². The number of thiazole rings is 1. The molecular formula is C25H41N3OS2. The van der Waals surface area contributed by atoms with Crippen LogP contribution >= 0.6 is 23.6 Å². The van der Waals surface area contributed by atoms with Crippen LogP contribution in [-0.2, 0) is 0 Å². The summed E-state index contributed by atoms with van der Waals surface area (Å²) in [7, 11) is 0. The van der Waals surface area contributed by atoms with Crippen molar-refractivity contribution in [3.05, 3.63) is 16.1 Å². The third kappa shape index (κ3) is 6.74. The van der Waals surface area contributed by atoms with Gasteiger partial charge in [0.1, 0.15) is 5.69 Å². The first-order valence-corrected chi connectivity index (χ1v) is 13.6. The number of Topliss-reactive ketones (excluding diaryl/α,β-unsaturated/α-hetero) is 1. The third-order valence-corrected chi connectivity index (χ3v) is 8.68. The lowest BCUT2D eigenvalue weighted by Gasteiger charge is -2.40. The Balaban J connectivity index is 1.46. The zero-order valence-corrected chi connectivity index (χ0v) is 21.5. The van der Waals surface area contributed by atoms with Crippen molar-refractivity contribution in [3.63, 3.8) is 0 Å². The van der Waals surface area contributed by atoms with Crippen LogP contribution in [0.2, 0.25) is 0 Å². The maximum atomic E-state index is 12.8. The van der Waals surface area contributed by atoms with E-state index in [2.05, 4.69) is 37.9 Å². The monoisotopic (exact) mass is 463 g/mol. The molecule has 1 N–H and O–H groups in total. The maximum Gasteiger partial charge on any atom is 0.182 e. The molecule has 174 valence electrons. The molecule has 2 aliphatic rings. The normalized spacial score (nSPS) is 23.0. The summed E-state index contributed by atoms with van der Waals surface area (Å²) in [6.07, 6.45) is 10.4. The summed E-state index contributed by atoms with van der Waals surface area (Å²) >= 11 is 7.11. The van der Waals surface area contributed by atoms with Crippen molar-refractivity contribution < 1.29 is 4.79 Å². The van der Waals surface area contributed by atoms with Gasteiger partial charge in [0.2, 0.25) is 0 Å². The maximum absolute atomic E-state index is 12.8. The van der Waals surface area contributed by atoms with Gasteiger partial charge in [-0.3, -0.25) is 4.79 Å². The number of likely N-dealkylation sites (tertiary alicyclic amines) is 1.